The van der Waals surface area contributed by atoms with E-state index in [1.165, 1.54) is 11.3 Å². The fraction of sp³-hybridized carbons (Fsp3) is 0.0204. The normalized spacial score (nSPS) is 11.2. The van der Waals surface area contributed by atoms with Gasteiger partial charge in [-0.05, 0) is 30.5 Å². The third kappa shape index (κ3) is 10.2. The summed E-state index contributed by atoms with van der Waals surface area (Å²) in [5, 5.41) is 17.3. The van der Waals surface area contributed by atoms with E-state index in [4.69, 9.17) is 4.42 Å². The van der Waals surface area contributed by atoms with Crippen LogP contribution in [0.1, 0.15) is 22.2 Å². The van der Waals surface area contributed by atoms with Gasteiger partial charge in [-0.2, -0.15) is 0 Å². The van der Waals surface area contributed by atoms with Crippen molar-refractivity contribution in [2.75, 3.05) is 0 Å². The largest absolute Gasteiger partial charge is 0.506 e. The average molecular weight is 971 g/mol. The van der Waals surface area contributed by atoms with Crippen molar-refractivity contribution in [1.29, 1.82) is 0 Å². The number of para-hydroxylation sites is 1. The zero-order valence-electron chi connectivity index (χ0n) is 32.0. The van der Waals surface area contributed by atoms with E-state index in [1.807, 2.05) is 165 Å². The van der Waals surface area contributed by atoms with Gasteiger partial charge in [0.1, 0.15) is 11.3 Å². The molecule has 6 nitrogen and oxygen atoms in total. The fourth-order valence-electron chi connectivity index (χ4n) is 6.38. The minimum absolute atomic E-state index is 0. The van der Waals surface area contributed by atoms with E-state index in [1.54, 1.807) is 47.9 Å². The first-order chi connectivity index (χ1) is 28.2. The topological polar surface area (TPSA) is 102 Å². The molecule has 1 N–H and O–H groups in total. The number of benzene rings is 6. The maximum Gasteiger partial charge on any atom is 0.351 e. The third-order valence-corrected chi connectivity index (χ3v) is 16.4. The summed E-state index contributed by atoms with van der Waals surface area (Å²) in [6.07, 6.45) is 3.58. The van der Waals surface area contributed by atoms with Gasteiger partial charge in [0.15, 0.2) is 19.8 Å². The molecule has 6 aromatic carbocycles. The maximum absolute atomic E-state index is 13.8. The number of ketones is 1. The molecule has 10 heteroatoms. The Morgan fingerprint density at radius 1 is 0.610 bits per heavy atom. The van der Waals surface area contributed by atoms with E-state index >= 15 is 0 Å². The number of allylic oxidation sites excluding steroid dienone is 3. The van der Waals surface area contributed by atoms with E-state index in [0.29, 0.717) is 10.3 Å². The number of fused-ring (bicyclic) bond motifs is 1. The molecule has 0 aliphatic carbocycles. The van der Waals surface area contributed by atoms with Gasteiger partial charge in [0, 0.05) is 81.2 Å². The standard InChI is InChI=1S/C18H15OP.C17H17OP.C14H8O4S.Eu/c19-20(16-10-4-1-5-11-16,17-12-6-2-7-13-17)18-14-8-3-9-15-18;1-3-15(4-2)19(18,16-11-7-5-8-12-16)17-13-9-6-10-14-17;15-12-8-4-1-2-5-9(8)18-14(17)11(12)13(16)10-6-3-7-19-10;/h1-15H;3-14H,1H2,2H3;1-7,15H;/b;15-4+;;. The first-order valence-electron chi connectivity index (χ1n) is 18.3. The van der Waals surface area contributed by atoms with Crippen molar-refractivity contribution in [2.45, 2.75) is 6.92 Å². The predicted molar refractivity (Wildman–Crippen MR) is 241 cm³/mol. The third-order valence-electron chi connectivity index (χ3n) is 9.23. The van der Waals surface area contributed by atoms with Crippen molar-refractivity contribution in [1.82, 2.24) is 0 Å². The Bertz CT molecular complexity index is 2650. The molecule has 0 spiro atoms. The first-order valence-corrected chi connectivity index (χ1v) is 22.6. The summed E-state index contributed by atoms with van der Waals surface area (Å²) in [7, 11) is -5.57. The van der Waals surface area contributed by atoms with E-state index < -0.39 is 25.7 Å². The molecular weight excluding hydrogens is 931 g/mol. The zero-order chi connectivity index (χ0) is 41.0. The van der Waals surface area contributed by atoms with Crippen LogP contribution in [0.5, 0.6) is 5.75 Å². The van der Waals surface area contributed by atoms with Gasteiger partial charge < -0.3 is 18.7 Å². The molecule has 59 heavy (non-hydrogen) atoms. The number of aromatic hydroxyl groups is 1. The van der Waals surface area contributed by atoms with Gasteiger partial charge in [-0.15, -0.1) is 11.3 Å². The monoisotopic (exact) mass is 971 g/mol. The van der Waals surface area contributed by atoms with Crippen molar-refractivity contribution < 1.29 is 72.8 Å². The van der Waals surface area contributed by atoms with Gasteiger partial charge in [-0.25, -0.2) is 4.79 Å². The molecular formula is C49H40EuO6P2S. The number of rotatable bonds is 9. The molecule has 0 fully saturated rings. The quantitative estimate of drug-likeness (QED) is 0.0669. The Kier molecular flexibility index (Phi) is 16.5. The molecule has 0 saturated heterocycles. The molecule has 1 radical (unpaired) electrons. The van der Waals surface area contributed by atoms with Gasteiger partial charge in [0.05, 0.1) is 10.3 Å². The van der Waals surface area contributed by atoms with Crippen LogP contribution in [-0.2, 0) is 9.13 Å². The molecule has 0 aliphatic heterocycles. The molecule has 0 atom stereocenters. The molecule has 295 valence electrons. The van der Waals surface area contributed by atoms with Crippen LogP contribution in [0.2, 0.25) is 0 Å². The second kappa shape index (κ2) is 21.5. The summed E-state index contributed by atoms with van der Waals surface area (Å²) in [6.45, 7) is 5.71. The van der Waals surface area contributed by atoms with Crippen LogP contribution < -0.4 is 32.1 Å². The van der Waals surface area contributed by atoms with E-state index in [0.717, 1.165) is 31.8 Å². The number of hydrogen-bond donors (Lipinski definition) is 1. The van der Waals surface area contributed by atoms with E-state index in [-0.39, 0.29) is 66.3 Å². The van der Waals surface area contributed by atoms with Crippen molar-refractivity contribution in [2.24, 2.45) is 0 Å². The van der Waals surface area contributed by atoms with Crippen molar-refractivity contribution in [3.63, 3.8) is 0 Å². The summed E-state index contributed by atoms with van der Waals surface area (Å²) in [4.78, 5) is 24.4. The molecule has 0 aliphatic rings. The van der Waals surface area contributed by atoms with Gasteiger partial charge in [-0.3, -0.25) is 4.79 Å². The summed E-state index contributed by atoms with van der Waals surface area (Å²) in [5.41, 5.74) is -0.886. The van der Waals surface area contributed by atoms with Crippen LogP contribution in [-0.4, -0.2) is 10.9 Å². The molecule has 2 heterocycles. The number of hydrogen-bond acceptors (Lipinski definition) is 7. The average Bonchev–Trinajstić information content (AvgIpc) is 3.84. The van der Waals surface area contributed by atoms with E-state index in [2.05, 4.69) is 6.58 Å². The summed E-state index contributed by atoms with van der Waals surface area (Å²) in [5.74, 6) is -0.850. The van der Waals surface area contributed by atoms with Gasteiger partial charge in [-0.1, -0.05) is 189 Å². The second-order valence-electron chi connectivity index (χ2n) is 12.7. The Balaban J connectivity index is 0.000000167. The molecule has 8 aromatic rings. The molecule has 8 rings (SSSR count). The van der Waals surface area contributed by atoms with Crippen LogP contribution >= 0.6 is 25.6 Å². The Morgan fingerprint density at radius 2 is 1.02 bits per heavy atom. The van der Waals surface area contributed by atoms with Crippen LogP contribution in [0.4, 0.5) is 0 Å². The van der Waals surface area contributed by atoms with E-state index in [9.17, 15) is 23.8 Å². The van der Waals surface area contributed by atoms with Crippen molar-refractivity contribution in [3.05, 3.63) is 238 Å². The minimum atomic E-state index is -2.79. The Labute approximate surface area is 388 Å². The molecule has 0 saturated carbocycles. The minimum Gasteiger partial charge on any atom is -0.506 e. The molecule has 0 amide bonds. The van der Waals surface area contributed by atoms with Crippen molar-refractivity contribution in [3.8, 4) is 5.75 Å². The first kappa shape index (κ1) is 45.3. The van der Waals surface area contributed by atoms with Gasteiger partial charge in [0.2, 0.25) is 5.78 Å². The number of carbonyl (C=O) groups excluding carboxylic acids is 1. The summed E-state index contributed by atoms with van der Waals surface area (Å²) >= 11 is 1.21. The Hall–Kier alpha value is -4.78. The van der Waals surface area contributed by atoms with Crippen molar-refractivity contribution >= 4 is 68.9 Å². The molecule has 2 aromatic heterocycles. The smallest absolute Gasteiger partial charge is 0.351 e. The zero-order valence-corrected chi connectivity index (χ0v) is 37.0. The van der Waals surface area contributed by atoms with Crippen LogP contribution in [0.3, 0.4) is 0 Å². The van der Waals surface area contributed by atoms with Gasteiger partial charge >= 0.3 is 5.63 Å². The van der Waals surface area contributed by atoms with Gasteiger partial charge in [0.25, 0.3) is 0 Å². The SMILES string of the molecule is C=C/C(=C\C)P(=O)(c1ccccc1)c1ccccc1.O=C(c1cccs1)c1c(O)c2ccccc2oc1=O.O=P(c1ccccc1)(c1ccccc1)c1ccccc1.[Eu]. The van der Waals surface area contributed by atoms with Crippen LogP contribution in [0, 0.1) is 49.4 Å². The summed E-state index contributed by atoms with van der Waals surface area (Å²) < 4.78 is 32.5. The maximum atomic E-state index is 13.8. The van der Waals surface area contributed by atoms with Crippen LogP contribution in [0.25, 0.3) is 11.0 Å². The molecule has 0 unspecified atom stereocenters. The molecule has 0 bridgehead atoms. The summed E-state index contributed by atoms with van der Waals surface area (Å²) in [6, 6.07) is 58.2. The number of thiophene rings is 1. The second-order valence-corrected chi connectivity index (χ2v) is 19.2. The van der Waals surface area contributed by atoms with Crippen LogP contribution in [0.15, 0.2) is 227 Å². The predicted octanol–water partition coefficient (Wildman–Crippen LogP) is 10.2. The number of carbonyl (C=O) groups is 1. The Morgan fingerprint density at radius 3 is 1.41 bits per heavy atom. The fourth-order valence-corrected chi connectivity index (χ4v) is 12.4.